The van der Waals surface area contributed by atoms with Crippen LogP contribution >= 0.6 is 11.5 Å². The Morgan fingerprint density at radius 3 is 3.00 bits per heavy atom. The largest absolute Gasteiger partial charge is 0.391 e. The maximum absolute atomic E-state index is 12.2. The second kappa shape index (κ2) is 5.75. The van der Waals surface area contributed by atoms with Crippen LogP contribution in [0.1, 0.15) is 37.0 Å². The number of nitrogens with one attached hydrogen (secondary N) is 1. The Balaban J connectivity index is 2.24. The maximum Gasteiger partial charge on any atom is 0.258 e. The number of rotatable bonds is 3. The SMILES string of the molecule is CC(C)NC(=O)c1c(N)nsc1N1CCCC(O)C1. The number of piperidine rings is 1. The van der Waals surface area contributed by atoms with Crippen molar-refractivity contribution in [1.29, 1.82) is 0 Å². The fraction of sp³-hybridized carbons (Fsp3) is 0.667. The van der Waals surface area contributed by atoms with Gasteiger partial charge in [-0.3, -0.25) is 4.79 Å². The van der Waals surface area contributed by atoms with Crippen LogP contribution in [-0.4, -0.2) is 40.6 Å². The van der Waals surface area contributed by atoms with Crippen molar-refractivity contribution < 1.29 is 9.90 Å². The van der Waals surface area contributed by atoms with Gasteiger partial charge in [0.15, 0.2) is 5.82 Å². The summed E-state index contributed by atoms with van der Waals surface area (Å²) in [6.07, 6.45) is 1.36. The quantitative estimate of drug-likeness (QED) is 0.764. The standard InChI is InChI=1S/C12H20N4O2S/c1-7(2)14-11(18)9-10(13)15-19-12(9)16-5-3-4-8(17)6-16/h7-8,17H,3-6H2,1-2H3,(H2,13,15)(H,14,18). The average molecular weight is 284 g/mol. The van der Waals surface area contributed by atoms with Gasteiger partial charge in [0, 0.05) is 19.1 Å². The third-order valence-corrected chi connectivity index (χ3v) is 3.95. The molecule has 1 aromatic rings. The number of carbonyl (C=O) groups excluding carboxylic acids is 1. The summed E-state index contributed by atoms with van der Waals surface area (Å²) in [5.41, 5.74) is 6.25. The number of nitrogen functional groups attached to an aromatic ring is 1. The second-order valence-electron chi connectivity index (χ2n) is 5.12. The van der Waals surface area contributed by atoms with E-state index in [0.717, 1.165) is 24.4 Å². The lowest BCUT2D eigenvalue weighted by Gasteiger charge is -2.31. The van der Waals surface area contributed by atoms with Crippen molar-refractivity contribution in [1.82, 2.24) is 9.69 Å². The van der Waals surface area contributed by atoms with Crippen molar-refractivity contribution in [3.05, 3.63) is 5.56 Å². The zero-order valence-electron chi connectivity index (χ0n) is 11.2. The Labute approximate surface area is 116 Å². The number of carbonyl (C=O) groups is 1. The summed E-state index contributed by atoms with van der Waals surface area (Å²) < 4.78 is 4.08. The highest BCUT2D eigenvalue weighted by atomic mass is 32.1. The van der Waals surface area contributed by atoms with Gasteiger partial charge in [-0.05, 0) is 38.2 Å². The predicted octanol–water partition coefficient (Wildman–Crippen LogP) is 0.825. The van der Waals surface area contributed by atoms with Crippen LogP contribution in [0.3, 0.4) is 0 Å². The van der Waals surface area contributed by atoms with Gasteiger partial charge in [-0.1, -0.05) is 0 Å². The van der Waals surface area contributed by atoms with Crippen LogP contribution in [0.4, 0.5) is 10.8 Å². The summed E-state index contributed by atoms with van der Waals surface area (Å²) >= 11 is 1.22. The van der Waals surface area contributed by atoms with Gasteiger partial charge in [0.05, 0.1) is 6.10 Å². The lowest BCUT2D eigenvalue weighted by molar-refractivity contribution is 0.0944. The van der Waals surface area contributed by atoms with Gasteiger partial charge in [-0.2, -0.15) is 4.37 Å². The first-order valence-corrected chi connectivity index (χ1v) is 7.25. The minimum Gasteiger partial charge on any atom is -0.391 e. The molecule has 1 aromatic heterocycles. The molecule has 0 bridgehead atoms. The molecule has 6 nitrogen and oxygen atoms in total. The van der Waals surface area contributed by atoms with E-state index in [1.165, 1.54) is 11.5 Å². The fourth-order valence-corrected chi connectivity index (χ4v) is 3.04. The van der Waals surface area contributed by atoms with Gasteiger partial charge in [-0.25, -0.2) is 0 Å². The minimum atomic E-state index is -0.349. The molecule has 0 aliphatic carbocycles. The molecule has 1 fully saturated rings. The summed E-state index contributed by atoms with van der Waals surface area (Å²) in [6, 6.07) is 0.0478. The first-order chi connectivity index (χ1) is 8.99. The summed E-state index contributed by atoms with van der Waals surface area (Å²) in [5.74, 6) is 0.0644. The molecule has 2 heterocycles. The van der Waals surface area contributed by atoms with Crippen molar-refractivity contribution in [2.24, 2.45) is 0 Å². The van der Waals surface area contributed by atoms with Crippen LogP contribution < -0.4 is 16.0 Å². The Morgan fingerprint density at radius 1 is 1.63 bits per heavy atom. The molecule has 1 atom stereocenters. The van der Waals surface area contributed by atoms with E-state index in [2.05, 4.69) is 9.69 Å². The zero-order chi connectivity index (χ0) is 14.0. The first kappa shape index (κ1) is 14.1. The predicted molar refractivity (Wildman–Crippen MR) is 76.6 cm³/mol. The van der Waals surface area contributed by atoms with E-state index in [4.69, 9.17) is 5.73 Å². The smallest absolute Gasteiger partial charge is 0.258 e. The molecule has 106 valence electrons. The molecular formula is C12H20N4O2S. The molecular weight excluding hydrogens is 264 g/mol. The third-order valence-electron chi connectivity index (χ3n) is 3.03. The molecule has 4 N–H and O–H groups in total. The summed E-state index contributed by atoms with van der Waals surface area (Å²) in [7, 11) is 0. The Morgan fingerprint density at radius 2 is 2.37 bits per heavy atom. The van der Waals surface area contributed by atoms with E-state index in [1.807, 2.05) is 18.7 Å². The Hall–Kier alpha value is -1.34. The average Bonchev–Trinajstić information content (AvgIpc) is 2.70. The van der Waals surface area contributed by atoms with Crippen LogP contribution in [0.5, 0.6) is 0 Å². The minimum absolute atomic E-state index is 0.0478. The highest BCUT2D eigenvalue weighted by molar-refractivity contribution is 7.11. The summed E-state index contributed by atoms with van der Waals surface area (Å²) in [4.78, 5) is 14.2. The Kier molecular flexibility index (Phi) is 4.26. The molecule has 0 spiro atoms. The van der Waals surface area contributed by atoms with Crippen molar-refractivity contribution in [2.45, 2.75) is 38.8 Å². The fourth-order valence-electron chi connectivity index (χ4n) is 2.20. The van der Waals surface area contributed by atoms with E-state index >= 15 is 0 Å². The topological polar surface area (TPSA) is 91.5 Å². The monoisotopic (exact) mass is 284 g/mol. The van der Waals surface area contributed by atoms with E-state index in [0.29, 0.717) is 12.1 Å². The van der Waals surface area contributed by atoms with Crippen LogP contribution in [0.25, 0.3) is 0 Å². The second-order valence-corrected chi connectivity index (χ2v) is 5.87. The molecule has 0 aromatic carbocycles. The van der Waals surface area contributed by atoms with Crippen molar-refractivity contribution in [2.75, 3.05) is 23.7 Å². The van der Waals surface area contributed by atoms with Crippen molar-refractivity contribution >= 4 is 28.3 Å². The molecule has 1 aliphatic heterocycles. The van der Waals surface area contributed by atoms with Gasteiger partial charge in [-0.15, -0.1) is 0 Å². The maximum atomic E-state index is 12.2. The van der Waals surface area contributed by atoms with Crippen LogP contribution in [0.2, 0.25) is 0 Å². The number of amides is 1. The van der Waals surface area contributed by atoms with Crippen molar-refractivity contribution in [3.8, 4) is 0 Å². The number of nitrogens with two attached hydrogens (primary N) is 1. The van der Waals surface area contributed by atoms with Crippen LogP contribution in [0, 0.1) is 0 Å². The summed E-state index contributed by atoms with van der Waals surface area (Å²) in [6.45, 7) is 5.15. The number of aliphatic hydroxyl groups is 1. The number of β-amino-alcohol motifs (C(OH)–C–C–N with tert-alkyl or cyclic N) is 1. The molecule has 2 rings (SSSR count). The molecule has 1 aliphatic rings. The number of anilines is 2. The van der Waals surface area contributed by atoms with E-state index in [9.17, 15) is 9.90 Å². The number of hydrogen-bond acceptors (Lipinski definition) is 6. The molecule has 1 saturated heterocycles. The lowest BCUT2D eigenvalue weighted by atomic mass is 10.1. The summed E-state index contributed by atoms with van der Waals surface area (Å²) in [5, 5.41) is 13.3. The highest BCUT2D eigenvalue weighted by Crippen LogP contribution is 2.32. The first-order valence-electron chi connectivity index (χ1n) is 6.48. The van der Waals surface area contributed by atoms with Gasteiger partial charge in [0.2, 0.25) is 0 Å². The van der Waals surface area contributed by atoms with E-state index < -0.39 is 0 Å². The molecule has 1 amide bonds. The van der Waals surface area contributed by atoms with Crippen molar-refractivity contribution in [3.63, 3.8) is 0 Å². The van der Waals surface area contributed by atoms with Gasteiger partial charge >= 0.3 is 0 Å². The number of nitrogens with zero attached hydrogens (tertiary/aromatic N) is 2. The van der Waals surface area contributed by atoms with E-state index in [-0.39, 0.29) is 23.9 Å². The number of aromatic nitrogens is 1. The molecule has 0 saturated carbocycles. The normalized spacial score (nSPS) is 19.8. The third kappa shape index (κ3) is 3.16. The number of aliphatic hydroxyl groups excluding tert-OH is 1. The Bertz CT molecular complexity index is 461. The lowest BCUT2D eigenvalue weighted by Crippen LogP contribution is -2.39. The molecule has 7 heteroatoms. The zero-order valence-corrected chi connectivity index (χ0v) is 12.0. The van der Waals surface area contributed by atoms with Gasteiger partial charge in [0.25, 0.3) is 5.91 Å². The van der Waals surface area contributed by atoms with Crippen LogP contribution in [-0.2, 0) is 0 Å². The van der Waals surface area contributed by atoms with E-state index in [1.54, 1.807) is 0 Å². The molecule has 19 heavy (non-hydrogen) atoms. The molecule has 0 radical (unpaired) electrons. The van der Waals surface area contributed by atoms with Gasteiger partial charge in [0.1, 0.15) is 10.6 Å². The highest BCUT2D eigenvalue weighted by Gasteiger charge is 2.27. The number of hydrogen-bond donors (Lipinski definition) is 3. The van der Waals surface area contributed by atoms with Crippen LogP contribution in [0.15, 0.2) is 0 Å². The molecule has 1 unspecified atom stereocenters. The van der Waals surface area contributed by atoms with Gasteiger partial charge < -0.3 is 21.1 Å².